The molecular formula is C10H19N3O. The zero-order chi connectivity index (χ0) is 10.6. The first-order valence-electron chi connectivity index (χ1n) is 4.99. The molecule has 0 aliphatic carbocycles. The van der Waals surface area contributed by atoms with Gasteiger partial charge in [-0.05, 0) is 12.3 Å². The lowest BCUT2D eigenvalue weighted by Crippen LogP contribution is -2.22. The summed E-state index contributed by atoms with van der Waals surface area (Å²) in [5.41, 5.74) is 0. The van der Waals surface area contributed by atoms with E-state index in [-0.39, 0.29) is 6.10 Å². The summed E-state index contributed by atoms with van der Waals surface area (Å²) in [6.07, 6.45) is 4.12. The molecule has 0 bridgehead atoms. The van der Waals surface area contributed by atoms with E-state index >= 15 is 0 Å². The van der Waals surface area contributed by atoms with Gasteiger partial charge in [0.15, 0.2) is 0 Å². The van der Waals surface area contributed by atoms with Crippen molar-refractivity contribution in [3.63, 3.8) is 0 Å². The van der Waals surface area contributed by atoms with Crippen LogP contribution in [0.3, 0.4) is 0 Å². The molecule has 1 aromatic heterocycles. The van der Waals surface area contributed by atoms with Crippen LogP contribution in [-0.4, -0.2) is 27.3 Å². The van der Waals surface area contributed by atoms with Crippen LogP contribution in [0.4, 0.5) is 5.95 Å². The second-order valence-electron chi connectivity index (χ2n) is 4.03. The van der Waals surface area contributed by atoms with Gasteiger partial charge in [-0.1, -0.05) is 13.8 Å². The van der Waals surface area contributed by atoms with Crippen molar-refractivity contribution in [3.8, 4) is 0 Å². The molecule has 1 unspecified atom stereocenters. The van der Waals surface area contributed by atoms with Crippen LogP contribution in [0.5, 0.6) is 0 Å². The van der Waals surface area contributed by atoms with Crippen LogP contribution < -0.4 is 5.32 Å². The third kappa shape index (κ3) is 3.38. The zero-order valence-electron chi connectivity index (χ0n) is 9.07. The number of aliphatic hydroxyl groups excluding tert-OH is 1. The normalized spacial score (nSPS) is 13.2. The summed E-state index contributed by atoms with van der Waals surface area (Å²) in [7, 11) is 1.92. The molecule has 0 saturated heterocycles. The third-order valence-corrected chi connectivity index (χ3v) is 2.06. The summed E-state index contributed by atoms with van der Waals surface area (Å²) < 4.78 is 1.89. The van der Waals surface area contributed by atoms with E-state index in [0.29, 0.717) is 12.5 Å². The van der Waals surface area contributed by atoms with Crippen LogP contribution in [-0.2, 0) is 7.05 Å². The van der Waals surface area contributed by atoms with Gasteiger partial charge < -0.3 is 15.0 Å². The average molecular weight is 197 g/mol. The molecule has 1 aromatic rings. The van der Waals surface area contributed by atoms with Crippen LogP contribution in [0.25, 0.3) is 0 Å². The number of anilines is 1. The Morgan fingerprint density at radius 3 is 2.79 bits per heavy atom. The third-order valence-electron chi connectivity index (χ3n) is 2.06. The lowest BCUT2D eigenvalue weighted by atomic mass is 10.1. The molecule has 0 aliphatic heterocycles. The number of aromatic nitrogens is 2. The van der Waals surface area contributed by atoms with Gasteiger partial charge in [0.1, 0.15) is 0 Å². The maximum Gasteiger partial charge on any atom is 0.202 e. The number of imidazole rings is 1. The highest BCUT2D eigenvalue weighted by molar-refractivity contribution is 5.25. The molecule has 80 valence electrons. The standard InChI is InChI=1S/C10H19N3O/c1-8(2)6-9(14)7-12-10-11-4-5-13(10)3/h4-5,8-9,14H,6-7H2,1-3H3,(H,11,12). The van der Waals surface area contributed by atoms with Crippen LogP contribution >= 0.6 is 0 Å². The SMILES string of the molecule is CC(C)CC(O)CNc1nccn1C. The van der Waals surface area contributed by atoms with Gasteiger partial charge in [-0.2, -0.15) is 0 Å². The molecule has 0 saturated carbocycles. The van der Waals surface area contributed by atoms with Crippen molar-refractivity contribution in [1.82, 2.24) is 9.55 Å². The molecule has 1 atom stereocenters. The summed E-state index contributed by atoms with van der Waals surface area (Å²) in [6.45, 7) is 4.76. The van der Waals surface area contributed by atoms with E-state index in [1.807, 2.05) is 17.8 Å². The quantitative estimate of drug-likeness (QED) is 0.746. The first-order chi connectivity index (χ1) is 6.59. The van der Waals surface area contributed by atoms with Gasteiger partial charge in [-0.15, -0.1) is 0 Å². The van der Waals surface area contributed by atoms with Crippen molar-refractivity contribution < 1.29 is 5.11 Å². The second kappa shape index (κ2) is 5.00. The van der Waals surface area contributed by atoms with E-state index in [1.165, 1.54) is 0 Å². The number of nitrogens with zero attached hydrogens (tertiary/aromatic N) is 2. The van der Waals surface area contributed by atoms with Gasteiger partial charge in [0.25, 0.3) is 0 Å². The lowest BCUT2D eigenvalue weighted by Gasteiger charge is -2.14. The van der Waals surface area contributed by atoms with Crippen LogP contribution in [0.2, 0.25) is 0 Å². The summed E-state index contributed by atoms with van der Waals surface area (Å²) >= 11 is 0. The molecule has 0 aromatic carbocycles. The van der Waals surface area contributed by atoms with Gasteiger partial charge in [0.05, 0.1) is 6.10 Å². The molecule has 1 heterocycles. The van der Waals surface area contributed by atoms with Crippen LogP contribution in [0.15, 0.2) is 12.4 Å². The van der Waals surface area contributed by atoms with Crippen molar-refractivity contribution >= 4 is 5.95 Å². The molecule has 0 fully saturated rings. The number of nitrogens with one attached hydrogen (secondary N) is 1. The smallest absolute Gasteiger partial charge is 0.202 e. The Hall–Kier alpha value is -1.03. The van der Waals surface area contributed by atoms with E-state index in [9.17, 15) is 5.11 Å². The highest BCUT2D eigenvalue weighted by Crippen LogP contribution is 2.06. The molecule has 0 spiro atoms. The lowest BCUT2D eigenvalue weighted by molar-refractivity contribution is 0.161. The van der Waals surface area contributed by atoms with Crippen molar-refractivity contribution in [2.75, 3.05) is 11.9 Å². The fraction of sp³-hybridized carbons (Fsp3) is 0.700. The predicted octanol–water partition coefficient (Wildman–Crippen LogP) is 1.24. The first-order valence-corrected chi connectivity index (χ1v) is 4.99. The van der Waals surface area contributed by atoms with E-state index < -0.39 is 0 Å². The topological polar surface area (TPSA) is 50.1 Å². The first kappa shape index (κ1) is 11.0. The number of aryl methyl sites for hydroxylation is 1. The number of hydrogen-bond acceptors (Lipinski definition) is 3. The molecule has 0 radical (unpaired) electrons. The van der Waals surface area contributed by atoms with Gasteiger partial charge in [0.2, 0.25) is 5.95 Å². The molecule has 1 rings (SSSR count). The summed E-state index contributed by atoms with van der Waals surface area (Å²) in [5, 5.41) is 12.7. The van der Waals surface area contributed by atoms with Crippen molar-refractivity contribution in [3.05, 3.63) is 12.4 Å². The molecule has 0 amide bonds. The molecule has 0 aliphatic rings. The number of rotatable bonds is 5. The Balaban J connectivity index is 2.30. The second-order valence-corrected chi connectivity index (χ2v) is 4.03. The molecule has 14 heavy (non-hydrogen) atoms. The van der Waals surface area contributed by atoms with E-state index in [2.05, 4.69) is 24.1 Å². The predicted molar refractivity (Wildman–Crippen MR) is 57.2 cm³/mol. The van der Waals surface area contributed by atoms with E-state index in [1.54, 1.807) is 6.20 Å². The Bertz CT molecular complexity index is 270. The fourth-order valence-corrected chi connectivity index (χ4v) is 1.37. The fourth-order valence-electron chi connectivity index (χ4n) is 1.37. The number of aliphatic hydroxyl groups is 1. The van der Waals surface area contributed by atoms with Crippen molar-refractivity contribution in [2.45, 2.75) is 26.4 Å². The average Bonchev–Trinajstić information content (AvgIpc) is 2.46. The Kier molecular flexibility index (Phi) is 3.95. The Labute approximate surface area is 85.0 Å². The number of hydrogen-bond donors (Lipinski definition) is 2. The highest BCUT2D eigenvalue weighted by atomic mass is 16.3. The molecule has 4 nitrogen and oxygen atoms in total. The maximum atomic E-state index is 9.61. The monoisotopic (exact) mass is 197 g/mol. The maximum absolute atomic E-state index is 9.61. The highest BCUT2D eigenvalue weighted by Gasteiger charge is 2.07. The molecule has 2 N–H and O–H groups in total. The minimum absolute atomic E-state index is 0.299. The van der Waals surface area contributed by atoms with E-state index in [0.717, 1.165) is 12.4 Å². The Morgan fingerprint density at radius 2 is 2.29 bits per heavy atom. The molecule has 4 heteroatoms. The van der Waals surface area contributed by atoms with Gasteiger partial charge >= 0.3 is 0 Å². The largest absolute Gasteiger partial charge is 0.391 e. The molecular weight excluding hydrogens is 178 g/mol. The van der Waals surface area contributed by atoms with E-state index in [4.69, 9.17) is 0 Å². The summed E-state index contributed by atoms with van der Waals surface area (Å²) in [5.74, 6) is 1.32. The van der Waals surface area contributed by atoms with Gasteiger partial charge in [-0.25, -0.2) is 4.98 Å². The van der Waals surface area contributed by atoms with Crippen LogP contribution in [0.1, 0.15) is 20.3 Å². The van der Waals surface area contributed by atoms with Gasteiger partial charge in [-0.3, -0.25) is 0 Å². The summed E-state index contributed by atoms with van der Waals surface area (Å²) in [4.78, 5) is 4.11. The van der Waals surface area contributed by atoms with Crippen molar-refractivity contribution in [1.29, 1.82) is 0 Å². The minimum atomic E-state index is -0.299. The van der Waals surface area contributed by atoms with Gasteiger partial charge in [0, 0.05) is 26.0 Å². The Morgan fingerprint density at radius 1 is 1.57 bits per heavy atom. The van der Waals surface area contributed by atoms with Crippen molar-refractivity contribution in [2.24, 2.45) is 13.0 Å². The zero-order valence-corrected chi connectivity index (χ0v) is 9.07. The van der Waals surface area contributed by atoms with Crippen LogP contribution in [0, 0.1) is 5.92 Å². The summed E-state index contributed by atoms with van der Waals surface area (Å²) in [6, 6.07) is 0. The minimum Gasteiger partial charge on any atom is -0.391 e.